The van der Waals surface area contributed by atoms with Crippen LogP contribution in [0.15, 0.2) is 42.3 Å². The summed E-state index contributed by atoms with van der Waals surface area (Å²) in [4.78, 5) is 25.0. The van der Waals surface area contributed by atoms with E-state index in [0.29, 0.717) is 16.5 Å². The number of hydrogen-bond acceptors (Lipinski definition) is 5. The lowest BCUT2D eigenvalue weighted by Crippen LogP contribution is -2.12. The molecule has 3 rings (SSSR count). The Morgan fingerprint density at radius 2 is 2.25 bits per heavy atom. The van der Waals surface area contributed by atoms with Gasteiger partial charge in [-0.3, -0.25) is 9.36 Å². The van der Waals surface area contributed by atoms with Crippen LogP contribution in [0.3, 0.4) is 0 Å². The van der Waals surface area contributed by atoms with Crippen LogP contribution in [0.4, 0.5) is 5.82 Å². The summed E-state index contributed by atoms with van der Waals surface area (Å²) in [6.07, 6.45) is 4.92. The van der Waals surface area contributed by atoms with Crippen molar-refractivity contribution in [3.63, 3.8) is 0 Å². The number of thiophene rings is 1. The molecule has 1 amide bonds. The Balaban J connectivity index is 1.85. The number of hydrogen-bond donors (Lipinski definition) is 1. The number of anilines is 1. The lowest BCUT2D eigenvalue weighted by atomic mass is 10.4. The van der Waals surface area contributed by atoms with Gasteiger partial charge in [-0.25, -0.2) is 15.0 Å². The lowest BCUT2D eigenvalue weighted by molar-refractivity contribution is 0.103. The monoisotopic (exact) mass is 285 g/mol. The number of aromatic nitrogens is 4. The summed E-state index contributed by atoms with van der Waals surface area (Å²) in [5.74, 6) is 1.77. The quantitative estimate of drug-likeness (QED) is 0.801. The Labute approximate surface area is 119 Å². The lowest BCUT2D eigenvalue weighted by Gasteiger charge is -2.06. The van der Waals surface area contributed by atoms with Gasteiger partial charge in [-0.1, -0.05) is 6.07 Å². The number of amides is 1. The van der Waals surface area contributed by atoms with Crippen LogP contribution in [-0.2, 0) is 0 Å². The van der Waals surface area contributed by atoms with E-state index in [1.165, 1.54) is 17.7 Å². The average molecular weight is 285 g/mol. The van der Waals surface area contributed by atoms with Crippen LogP contribution in [-0.4, -0.2) is 25.4 Å². The second kappa shape index (κ2) is 5.22. The van der Waals surface area contributed by atoms with E-state index in [0.717, 1.165) is 5.82 Å². The Morgan fingerprint density at radius 1 is 1.35 bits per heavy atom. The first-order valence-electron chi connectivity index (χ1n) is 5.91. The fraction of sp³-hybridized carbons (Fsp3) is 0.0769. The zero-order chi connectivity index (χ0) is 13.9. The van der Waals surface area contributed by atoms with Crippen molar-refractivity contribution in [3.8, 4) is 5.82 Å². The van der Waals surface area contributed by atoms with Crippen LogP contribution in [0.1, 0.15) is 15.5 Å². The van der Waals surface area contributed by atoms with Crippen molar-refractivity contribution in [3.05, 3.63) is 53.0 Å². The maximum absolute atomic E-state index is 12.0. The van der Waals surface area contributed by atoms with Crippen LogP contribution in [0.2, 0.25) is 0 Å². The predicted molar refractivity (Wildman–Crippen MR) is 76.2 cm³/mol. The zero-order valence-corrected chi connectivity index (χ0v) is 11.5. The number of nitrogens with one attached hydrogen (secondary N) is 1. The van der Waals surface area contributed by atoms with Crippen molar-refractivity contribution in [1.29, 1.82) is 0 Å². The highest BCUT2D eigenvalue weighted by Crippen LogP contribution is 2.14. The molecule has 3 heterocycles. The van der Waals surface area contributed by atoms with Gasteiger partial charge < -0.3 is 5.32 Å². The first-order valence-corrected chi connectivity index (χ1v) is 6.79. The molecule has 0 aromatic carbocycles. The zero-order valence-electron chi connectivity index (χ0n) is 10.6. The van der Waals surface area contributed by atoms with Crippen LogP contribution in [0, 0.1) is 6.92 Å². The van der Waals surface area contributed by atoms with Gasteiger partial charge in [0, 0.05) is 18.5 Å². The number of aryl methyl sites for hydroxylation is 1. The minimum Gasteiger partial charge on any atom is -0.306 e. The fourth-order valence-electron chi connectivity index (χ4n) is 1.75. The third kappa shape index (κ3) is 2.43. The molecule has 0 aliphatic heterocycles. The smallest absolute Gasteiger partial charge is 0.266 e. The molecule has 0 fully saturated rings. The van der Waals surface area contributed by atoms with Gasteiger partial charge in [0.2, 0.25) is 0 Å². The van der Waals surface area contributed by atoms with Gasteiger partial charge in [-0.2, -0.15) is 0 Å². The molecule has 0 spiro atoms. The molecule has 0 aliphatic carbocycles. The van der Waals surface area contributed by atoms with Crippen molar-refractivity contribution in [1.82, 2.24) is 19.5 Å². The SMILES string of the molecule is Cc1nccn1-c1cc(NC(=O)c2cccs2)ncn1. The molecule has 100 valence electrons. The molecule has 0 saturated heterocycles. The van der Waals surface area contributed by atoms with Gasteiger partial charge in [-0.15, -0.1) is 11.3 Å². The molecule has 3 aromatic rings. The van der Waals surface area contributed by atoms with Gasteiger partial charge in [0.25, 0.3) is 5.91 Å². The van der Waals surface area contributed by atoms with Crippen LogP contribution in [0.5, 0.6) is 0 Å². The number of rotatable bonds is 3. The average Bonchev–Trinajstić information content (AvgIpc) is 3.10. The molecule has 3 aromatic heterocycles. The largest absolute Gasteiger partial charge is 0.306 e. The van der Waals surface area contributed by atoms with E-state index in [2.05, 4.69) is 20.3 Å². The third-order valence-corrected chi connectivity index (χ3v) is 3.58. The summed E-state index contributed by atoms with van der Waals surface area (Å²) >= 11 is 1.38. The molecule has 0 saturated carbocycles. The summed E-state index contributed by atoms with van der Waals surface area (Å²) < 4.78 is 1.82. The second-order valence-electron chi connectivity index (χ2n) is 4.04. The van der Waals surface area contributed by atoms with Crippen molar-refractivity contribution < 1.29 is 4.79 Å². The standard InChI is InChI=1S/C13H11N5OS/c1-9-14-4-5-18(9)12-7-11(15-8-16-12)17-13(19)10-3-2-6-20-10/h2-8H,1H3,(H,15,16,17,19). The van der Waals surface area contributed by atoms with E-state index >= 15 is 0 Å². The first kappa shape index (κ1) is 12.5. The van der Waals surface area contributed by atoms with Gasteiger partial charge in [0.05, 0.1) is 4.88 Å². The second-order valence-corrected chi connectivity index (χ2v) is 4.99. The third-order valence-electron chi connectivity index (χ3n) is 2.71. The Morgan fingerprint density at radius 3 is 2.95 bits per heavy atom. The summed E-state index contributed by atoms with van der Waals surface area (Å²) in [6, 6.07) is 5.31. The molecule has 0 unspecified atom stereocenters. The molecular formula is C13H11N5OS. The number of carbonyl (C=O) groups is 1. The van der Waals surface area contributed by atoms with Gasteiger partial charge in [0.1, 0.15) is 23.8 Å². The summed E-state index contributed by atoms with van der Waals surface area (Å²) in [6.45, 7) is 1.88. The van der Waals surface area contributed by atoms with E-state index in [1.807, 2.05) is 29.1 Å². The van der Waals surface area contributed by atoms with Crippen LogP contribution in [0.25, 0.3) is 5.82 Å². The highest BCUT2D eigenvalue weighted by Gasteiger charge is 2.09. The number of imidazole rings is 1. The molecule has 20 heavy (non-hydrogen) atoms. The number of carbonyl (C=O) groups excluding carboxylic acids is 1. The first-order chi connectivity index (χ1) is 9.74. The highest BCUT2D eigenvalue weighted by atomic mass is 32.1. The molecule has 0 aliphatic rings. The molecule has 6 nitrogen and oxygen atoms in total. The topological polar surface area (TPSA) is 72.7 Å². The van der Waals surface area contributed by atoms with Crippen molar-refractivity contribution in [2.75, 3.05) is 5.32 Å². The Bertz CT molecular complexity index is 735. The molecule has 1 N–H and O–H groups in total. The summed E-state index contributed by atoms with van der Waals surface area (Å²) in [5.41, 5.74) is 0. The van der Waals surface area contributed by atoms with E-state index in [4.69, 9.17) is 0 Å². The van der Waals surface area contributed by atoms with Crippen molar-refractivity contribution in [2.45, 2.75) is 6.92 Å². The molecule has 0 radical (unpaired) electrons. The minimum atomic E-state index is -0.174. The van der Waals surface area contributed by atoms with Crippen LogP contribution >= 0.6 is 11.3 Å². The van der Waals surface area contributed by atoms with E-state index in [1.54, 1.807) is 18.3 Å². The number of nitrogens with zero attached hydrogens (tertiary/aromatic N) is 4. The Kier molecular flexibility index (Phi) is 3.26. The van der Waals surface area contributed by atoms with E-state index < -0.39 is 0 Å². The van der Waals surface area contributed by atoms with Crippen molar-refractivity contribution >= 4 is 23.1 Å². The van der Waals surface area contributed by atoms with Crippen LogP contribution < -0.4 is 5.32 Å². The van der Waals surface area contributed by atoms with E-state index in [-0.39, 0.29) is 5.91 Å². The van der Waals surface area contributed by atoms with Gasteiger partial charge >= 0.3 is 0 Å². The Hall–Kier alpha value is -2.54. The molecule has 7 heteroatoms. The van der Waals surface area contributed by atoms with Gasteiger partial charge in [0.15, 0.2) is 0 Å². The van der Waals surface area contributed by atoms with E-state index in [9.17, 15) is 4.79 Å². The van der Waals surface area contributed by atoms with Gasteiger partial charge in [-0.05, 0) is 18.4 Å². The maximum atomic E-state index is 12.0. The normalized spacial score (nSPS) is 10.4. The minimum absolute atomic E-state index is 0.174. The van der Waals surface area contributed by atoms with Crippen molar-refractivity contribution in [2.24, 2.45) is 0 Å². The molecular weight excluding hydrogens is 274 g/mol. The molecule has 0 atom stereocenters. The maximum Gasteiger partial charge on any atom is 0.266 e. The summed E-state index contributed by atoms with van der Waals surface area (Å²) in [5, 5.41) is 4.61. The highest BCUT2D eigenvalue weighted by molar-refractivity contribution is 7.12. The fourth-order valence-corrected chi connectivity index (χ4v) is 2.37. The summed E-state index contributed by atoms with van der Waals surface area (Å²) in [7, 11) is 0. The molecule has 0 bridgehead atoms. The predicted octanol–water partition coefficient (Wildman–Crippen LogP) is 2.28.